The standard InChI is InChI=1S/C26H28FN3O4S/c1-3-24(30(35(2,33)34)21-15-13-20(27)14-16-21)26(32)29-23-12-8-7-11-22(23)25(31)28-18-17-19-9-5-4-6-10-19/h4-16,24H,3,17-18H2,1-2H3,(H,28,31)(H,29,32)/t24-/m1/s1. The number of para-hydroxylation sites is 1. The van der Waals surface area contributed by atoms with Crippen molar-refractivity contribution in [1.29, 1.82) is 0 Å². The number of hydrogen-bond acceptors (Lipinski definition) is 4. The van der Waals surface area contributed by atoms with E-state index in [4.69, 9.17) is 0 Å². The second-order valence-corrected chi connectivity index (χ2v) is 9.85. The average molecular weight is 498 g/mol. The van der Waals surface area contributed by atoms with E-state index in [9.17, 15) is 22.4 Å². The van der Waals surface area contributed by atoms with E-state index in [0.717, 1.165) is 28.3 Å². The van der Waals surface area contributed by atoms with Crippen LogP contribution in [-0.4, -0.2) is 39.1 Å². The molecular formula is C26H28FN3O4S. The molecule has 9 heteroatoms. The van der Waals surface area contributed by atoms with Crippen LogP contribution in [0.15, 0.2) is 78.9 Å². The number of anilines is 2. The van der Waals surface area contributed by atoms with Crippen molar-refractivity contribution < 1.29 is 22.4 Å². The summed E-state index contributed by atoms with van der Waals surface area (Å²) in [6.45, 7) is 2.09. The zero-order valence-electron chi connectivity index (χ0n) is 19.6. The molecular weight excluding hydrogens is 469 g/mol. The fourth-order valence-electron chi connectivity index (χ4n) is 3.71. The van der Waals surface area contributed by atoms with Crippen LogP contribution in [0.4, 0.5) is 15.8 Å². The van der Waals surface area contributed by atoms with Gasteiger partial charge in [0.2, 0.25) is 15.9 Å². The highest BCUT2D eigenvalue weighted by molar-refractivity contribution is 7.92. The molecule has 0 unspecified atom stereocenters. The van der Waals surface area contributed by atoms with E-state index in [-0.39, 0.29) is 29.3 Å². The predicted octanol–water partition coefficient (Wildman–Crippen LogP) is 3.98. The van der Waals surface area contributed by atoms with Crippen LogP contribution in [0.1, 0.15) is 29.3 Å². The Kier molecular flexibility index (Phi) is 8.59. The van der Waals surface area contributed by atoms with Gasteiger partial charge in [-0.3, -0.25) is 13.9 Å². The number of amides is 2. The second-order valence-electron chi connectivity index (χ2n) is 7.99. The van der Waals surface area contributed by atoms with Crippen LogP contribution in [0.25, 0.3) is 0 Å². The van der Waals surface area contributed by atoms with Crippen molar-refractivity contribution >= 4 is 33.2 Å². The first-order valence-electron chi connectivity index (χ1n) is 11.2. The van der Waals surface area contributed by atoms with Crippen molar-refractivity contribution in [2.75, 3.05) is 22.4 Å². The number of benzene rings is 3. The molecule has 0 aliphatic heterocycles. The Morgan fingerprint density at radius 1 is 0.943 bits per heavy atom. The maximum Gasteiger partial charge on any atom is 0.253 e. The van der Waals surface area contributed by atoms with Crippen LogP contribution < -0.4 is 14.9 Å². The van der Waals surface area contributed by atoms with Crippen molar-refractivity contribution in [3.8, 4) is 0 Å². The van der Waals surface area contributed by atoms with Crippen LogP contribution in [-0.2, 0) is 21.2 Å². The molecule has 184 valence electrons. The van der Waals surface area contributed by atoms with Crippen molar-refractivity contribution in [1.82, 2.24) is 5.32 Å². The molecule has 0 spiro atoms. The Hall–Kier alpha value is -3.72. The second kappa shape index (κ2) is 11.6. The normalized spacial score (nSPS) is 12.0. The van der Waals surface area contributed by atoms with Gasteiger partial charge in [0.05, 0.1) is 23.2 Å². The van der Waals surface area contributed by atoms with E-state index >= 15 is 0 Å². The first kappa shape index (κ1) is 25.9. The molecule has 7 nitrogen and oxygen atoms in total. The molecule has 0 saturated heterocycles. The first-order valence-corrected chi connectivity index (χ1v) is 13.0. The maximum atomic E-state index is 13.4. The minimum Gasteiger partial charge on any atom is -0.352 e. The highest BCUT2D eigenvalue weighted by Crippen LogP contribution is 2.24. The number of carbonyl (C=O) groups excluding carboxylic acids is 2. The SMILES string of the molecule is CC[C@H](C(=O)Nc1ccccc1C(=O)NCCc1ccccc1)N(c1ccc(F)cc1)S(C)(=O)=O. The largest absolute Gasteiger partial charge is 0.352 e. The van der Waals surface area contributed by atoms with E-state index in [1.165, 1.54) is 12.1 Å². The zero-order chi connectivity index (χ0) is 25.4. The molecule has 0 heterocycles. The van der Waals surface area contributed by atoms with E-state index in [1.54, 1.807) is 31.2 Å². The van der Waals surface area contributed by atoms with E-state index in [2.05, 4.69) is 10.6 Å². The molecule has 0 radical (unpaired) electrons. The van der Waals surface area contributed by atoms with Crippen molar-refractivity contribution in [2.24, 2.45) is 0 Å². The molecule has 0 aliphatic rings. The summed E-state index contributed by atoms with van der Waals surface area (Å²) in [6, 6.07) is 20.0. The molecule has 0 aromatic heterocycles. The predicted molar refractivity (Wildman–Crippen MR) is 135 cm³/mol. The molecule has 0 bridgehead atoms. The Morgan fingerprint density at radius 2 is 1.57 bits per heavy atom. The highest BCUT2D eigenvalue weighted by Gasteiger charge is 2.32. The van der Waals surface area contributed by atoms with Gasteiger partial charge in [-0.15, -0.1) is 0 Å². The van der Waals surface area contributed by atoms with Crippen LogP contribution in [0, 0.1) is 5.82 Å². The lowest BCUT2D eigenvalue weighted by molar-refractivity contribution is -0.117. The number of nitrogens with one attached hydrogen (secondary N) is 2. The van der Waals surface area contributed by atoms with Gasteiger partial charge < -0.3 is 10.6 Å². The quantitative estimate of drug-likeness (QED) is 0.443. The smallest absolute Gasteiger partial charge is 0.253 e. The van der Waals surface area contributed by atoms with Crippen LogP contribution >= 0.6 is 0 Å². The third-order valence-corrected chi connectivity index (χ3v) is 6.56. The highest BCUT2D eigenvalue weighted by atomic mass is 32.2. The minimum atomic E-state index is -3.87. The summed E-state index contributed by atoms with van der Waals surface area (Å²) in [6.07, 6.45) is 1.79. The summed E-state index contributed by atoms with van der Waals surface area (Å²) in [7, 11) is -3.87. The summed E-state index contributed by atoms with van der Waals surface area (Å²) in [5.41, 5.74) is 1.78. The average Bonchev–Trinajstić information content (AvgIpc) is 2.83. The summed E-state index contributed by atoms with van der Waals surface area (Å²) >= 11 is 0. The van der Waals surface area contributed by atoms with Gasteiger partial charge in [-0.2, -0.15) is 0 Å². The van der Waals surface area contributed by atoms with Gasteiger partial charge >= 0.3 is 0 Å². The summed E-state index contributed by atoms with van der Waals surface area (Å²) in [5.74, 6) is -1.48. The lowest BCUT2D eigenvalue weighted by atomic mass is 10.1. The number of carbonyl (C=O) groups is 2. The minimum absolute atomic E-state index is 0.154. The van der Waals surface area contributed by atoms with Crippen molar-refractivity contribution in [3.63, 3.8) is 0 Å². The number of nitrogens with zero attached hydrogens (tertiary/aromatic N) is 1. The Bertz CT molecular complexity index is 1270. The van der Waals surface area contributed by atoms with E-state index in [1.807, 2.05) is 30.3 Å². The fourth-order valence-corrected chi connectivity index (χ4v) is 4.93. The van der Waals surface area contributed by atoms with Crippen molar-refractivity contribution in [2.45, 2.75) is 25.8 Å². The molecule has 2 amide bonds. The monoisotopic (exact) mass is 497 g/mol. The molecule has 3 rings (SSSR count). The molecule has 1 atom stereocenters. The molecule has 3 aromatic rings. The van der Waals surface area contributed by atoms with Gasteiger partial charge in [-0.1, -0.05) is 49.4 Å². The van der Waals surface area contributed by atoms with Crippen LogP contribution in [0.2, 0.25) is 0 Å². The molecule has 3 aromatic carbocycles. The summed E-state index contributed by atoms with van der Waals surface area (Å²) in [4.78, 5) is 26.0. The first-order chi connectivity index (χ1) is 16.7. The lowest BCUT2D eigenvalue weighted by Crippen LogP contribution is -2.47. The van der Waals surface area contributed by atoms with Gasteiger partial charge in [-0.25, -0.2) is 12.8 Å². The maximum absolute atomic E-state index is 13.4. The Morgan fingerprint density at radius 3 is 2.20 bits per heavy atom. The molecule has 35 heavy (non-hydrogen) atoms. The fraction of sp³-hybridized carbons (Fsp3) is 0.231. The number of hydrogen-bond donors (Lipinski definition) is 2. The lowest BCUT2D eigenvalue weighted by Gasteiger charge is -2.30. The van der Waals surface area contributed by atoms with Gasteiger partial charge in [0.15, 0.2) is 0 Å². The number of sulfonamides is 1. The van der Waals surface area contributed by atoms with Crippen LogP contribution in [0.5, 0.6) is 0 Å². The molecule has 0 fully saturated rings. The van der Waals surface area contributed by atoms with Gasteiger partial charge in [0.1, 0.15) is 11.9 Å². The Balaban J connectivity index is 1.77. The molecule has 0 aliphatic carbocycles. The number of rotatable bonds is 10. The third kappa shape index (κ3) is 6.89. The Labute approximate surface area is 205 Å². The zero-order valence-corrected chi connectivity index (χ0v) is 20.4. The third-order valence-electron chi connectivity index (χ3n) is 5.38. The summed E-state index contributed by atoms with van der Waals surface area (Å²) < 4.78 is 39.5. The van der Waals surface area contributed by atoms with Gasteiger partial charge in [0.25, 0.3) is 5.91 Å². The van der Waals surface area contributed by atoms with Gasteiger partial charge in [0, 0.05) is 6.54 Å². The van der Waals surface area contributed by atoms with Crippen molar-refractivity contribution in [3.05, 3.63) is 95.8 Å². The van der Waals surface area contributed by atoms with Gasteiger partial charge in [-0.05, 0) is 54.8 Å². The topological polar surface area (TPSA) is 95.6 Å². The summed E-state index contributed by atoms with van der Waals surface area (Å²) in [5, 5.41) is 5.55. The number of halogens is 1. The van der Waals surface area contributed by atoms with Crippen LogP contribution in [0.3, 0.4) is 0 Å². The molecule has 0 saturated carbocycles. The van der Waals surface area contributed by atoms with E-state index < -0.39 is 27.8 Å². The van der Waals surface area contributed by atoms with E-state index in [0.29, 0.717) is 13.0 Å². The molecule has 2 N–H and O–H groups in total.